The Hall–Kier alpha value is -1.85. The smallest absolute Gasteiger partial charge is 0.238 e. The number of nitrogens with one attached hydrogen (secondary N) is 1. The number of benzene rings is 2. The maximum absolute atomic E-state index is 11.3. The van der Waals surface area contributed by atoms with Crippen LogP contribution < -0.4 is 10.5 Å². The zero-order valence-corrected chi connectivity index (χ0v) is 12.4. The molecule has 0 fully saturated rings. The van der Waals surface area contributed by atoms with Gasteiger partial charge in [-0.2, -0.15) is 0 Å². The summed E-state index contributed by atoms with van der Waals surface area (Å²) in [5.74, 6) is 0. The van der Waals surface area contributed by atoms with Crippen LogP contribution in [0.4, 0.5) is 5.69 Å². The molecule has 20 heavy (non-hydrogen) atoms. The minimum absolute atomic E-state index is 0.114. The molecule has 2 aromatic carbocycles. The lowest BCUT2D eigenvalue weighted by atomic mass is 10.1. The van der Waals surface area contributed by atoms with Crippen LogP contribution in [0.15, 0.2) is 47.4 Å². The molecule has 0 radical (unpaired) electrons. The summed E-state index contributed by atoms with van der Waals surface area (Å²) in [6.07, 6.45) is 0. The number of sulfonamides is 1. The van der Waals surface area contributed by atoms with E-state index in [1.165, 1.54) is 23.3 Å². The Morgan fingerprint density at radius 3 is 2.45 bits per heavy atom. The van der Waals surface area contributed by atoms with Crippen LogP contribution in [-0.2, 0) is 16.6 Å². The summed E-state index contributed by atoms with van der Waals surface area (Å²) in [5.41, 5.74) is 4.37. The number of hydrogen-bond donors (Lipinski definition) is 2. The molecule has 2 rings (SSSR count). The van der Waals surface area contributed by atoms with Crippen molar-refractivity contribution in [1.29, 1.82) is 0 Å². The molecule has 5 heteroatoms. The van der Waals surface area contributed by atoms with E-state index in [2.05, 4.69) is 37.4 Å². The van der Waals surface area contributed by atoms with Gasteiger partial charge in [0, 0.05) is 12.2 Å². The molecule has 0 bridgehead atoms. The molecular formula is C15H18N2O2S. The van der Waals surface area contributed by atoms with E-state index in [0.29, 0.717) is 6.54 Å². The highest BCUT2D eigenvalue weighted by atomic mass is 32.2. The Kier molecular flexibility index (Phi) is 4.11. The summed E-state index contributed by atoms with van der Waals surface area (Å²) < 4.78 is 22.6. The van der Waals surface area contributed by atoms with Gasteiger partial charge in [0.1, 0.15) is 0 Å². The fraction of sp³-hybridized carbons (Fsp3) is 0.200. The average molecular weight is 290 g/mol. The molecule has 0 aliphatic carbocycles. The van der Waals surface area contributed by atoms with Gasteiger partial charge in [0.15, 0.2) is 0 Å². The quantitative estimate of drug-likeness (QED) is 0.909. The summed E-state index contributed by atoms with van der Waals surface area (Å²) in [4.78, 5) is 0.114. The highest BCUT2D eigenvalue weighted by Gasteiger charge is 2.07. The molecule has 0 spiro atoms. The van der Waals surface area contributed by atoms with Crippen LogP contribution in [0.2, 0.25) is 0 Å². The van der Waals surface area contributed by atoms with Crippen molar-refractivity contribution >= 4 is 15.7 Å². The van der Waals surface area contributed by atoms with Crippen LogP contribution >= 0.6 is 0 Å². The number of primary sulfonamides is 1. The number of nitrogens with two attached hydrogens (primary N) is 1. The van der Waals surface area contributed by atoms with Crippen LogP contribution in [-0.4, -0.2) is 8.42 Å². The van der Waals surface area contributed by atoms with E-state index in [9.17, 15) is 8.42 Å². The first kappa shape index (κ1) is 14.6. The van der Waals surface area contributed by atoms with E-state index < -0.39 is 10.0 Å². The van der Waals surface area contributed by atoms with E-state index in [1.54, 1.807) is 6.07 Å². The minimum atomic E-state index is -3.66. The fourth-order valence-electron chi connectivity index (χ4n) is 1.90. The standard InChI is InChI=1S/C15H18N2O2S/c1-11-6-7-13(8-12(11)2)10-17-14-4-3-5-15(9-14)20(16,18)19/h3-9,17H,10H2,1-2H3,(H2,16,18,19). The van der Waals surface area contributed by atoms with Crippen molar-refractivity contribution in [3.05, 3.63) is 59.2 Å². The van der Waals surface area contributed by atoms with E-state index in [0.717, 1.165) is 11.3 Å². The first-order chi connectivity index (χ1) is 9.36. The largest absolute Gasteiger partial charge is 0.381 e. The Morgan fingerprint density at radius 1 is 1.05 bits per heavy atom. The van der Waals surface area contributed by atoms with Crippen molar-refractivity contribution in [2.75, 3.05) is 5.32 Å². The lowest BCUT2D eigenvalue weighted by Gasteiger charge is -2.09. The molecule has 0 aromatic heterocycles. The van der Waals surface area contributed by atoms with E-state index in [-0.39, 0.29) is 4.90 Å². The molecular weight excluding hydrogens is 272 g/mol. The summed E-state index contributed by atoms with van der Waals surface area (Å²) in [7, 11) is -3.66. The van der Waals surface area contributed by atoms with Crippen molar-refractivity contribution in [1.82, 2.24) is 0 Å². The SMILES string of the molecule is Cc1ccc(CNc2cccc(S(N)(=O)=O)c2)cc1C. The summed E-state index contributed by atoms with van der Waals surface area (Å²) in [6.45, 7) is 4.78. The zero-order valence-electron chi connectivity index (χ0n) is 11.6. The number of aryl methyl sites for hydroxylation is 2. The normalized spacial score (nSPS) is 11.3. The van der Waals surface area contributed by atoms with Crippen LogP contribution in [0.1, 0.15) is 16.7 Å². The second-order valence-electron chi connectivity index (χ2n) is 4.85. The Bertz CT molecular complexity index is 724. The summed E-state index contributed by atoms with van der Waals surface area (Å²) >= 11 is 0. The average Bonchev–Trinajstić information content (AvgIpc) is 2.39. The van der Waals surface area contributed by atoms with Crippen molar-refractivity contribution in [2.45, 2.75) is 25.3 Å². The van der Waals surface area contributed by atoms with Crippen LogP contribution in [0.25, 0.3) is 0 Å². The predicted octanol–water partition coefficient (Wildman–Crippen LogP) is 2.56. The van der Waals surface area contributed by atoms with Crippen LogP contribution in [0.5, 0.6) is 0 Å². The Morgan fingerprint density at radius 2 is 1.80 bits per heavy atom. The van der Waals surface area contributed by atoms with Crippen molar-refractivity contribution in [3.63, 3.8) is 0 Å². The van der Waals surface area contributed by atoms with Crippen molar-refractivity contribution in [2.24, 2.45) is 5.14 Å². The molecule has 0 saturated carbocycles. The molecule has 4 nitrogen and oxygen atoms in total. The van der Waals surface area contributed by atoms with Gasteiger partial charge < -0.3 is 5.32 Å². The third kappa shape index (κ3) is 3.59. The molecule has 0 aliphatic rings. The van der Waals surface area contributed by atoms with E-state index >= 15 is 0 Å². The van der Waals surface area contributed by atoms with Gasteiger partial charge in [0.2, 0.25) is 10.0 Å². The monoisotopic (exact) mass is 290 g/mol. The maximum Gasteiger partial charge on any atom is 0.238 e. The Labute approximate surface area is 119 Å². The summed E-state index contributed by atoms with van der Waals surface area (Å²) in [6, 6.07) is 12.8. The highest BCUT2D eigenvalue weighted by Crippen LogP contribution is 2.16. The number of hydrogen-bond acceptors (Lipinski definition) is 3. The van der Waals surface area contributed by atoms with Crippen molar-refractivity contribution < 1.29 is 8.42 Å². The number of anilines is 1. The van der Waals surface area contributed by atoms with Gasteiger partial charge in [0.05, 0.1) is 4.90 Å². The molecule has 106 valence electrons. The third-order valence-electron chi connectivity index (χ3n) is 3.23. The fourth-order valence-corrected chi connectivity index (χ4v) is 2.46. The third-order valence-corrected chi connectivity index (χ3v) is 4.14. The van der Waals surface area contributed by atoms with Crippen LogP contribution in [0.3, 0.4) is 0 Å². The molecule has 0 saturated heterocycles. The second-order valence-corrected chi connectivity index (χ2v) is 6.41. The molecule has 0 heterocycles. The highest BCUT2D eigenvalue weighted by molar-refractivity contribution is 7.89. The van der Waals surface area contributed by atoms with Gasteiger partial charge in [-0.1, -0.05) is 24.3 Å². The van der Waals surface area contributed by atoms with E-state index in [1.807, 2.05) is 6.07 Å². The lowest BCUT2D eigenvalue weighted by Crippen LogP contribution is -2.12. The molecule has 3 N–H and O–H groups in total. The van der Waals surface area contributed by atoms with Gasteiger partial charge in [-0.25, -0.2) is 13.6 Å². The lowest BCUT2D eigenvalue weighted by molar-refractivity contribution is 0.598. The zero-order chi connectivity index (χ0) is 14.8. The first-order valence-electron chi connectivity index (χ1n) is 6.29. The van der Waals surface area contributed by atoms with Crippen molar-refractivity contribution in [3.8, 4) is 0 Å². The number of rotatable bonds is 4. The molecule has 0 atom stereocenters. The molecule has 0 aliphatic heterocycles. The molecule has 0 amide bonds. The molecule has 0 unspecified atom stereocenters. The molecule has 2 aromatic rings. The van der Waals surface area contributed by atoms with Gasteiger partial charge in [-0.15, -0.1) is 0 Å². The van der Waals surface area contributed by atoms with Gasteiger partial charge in [0.25, 0.3) is 0 Å². The van der Waals surface area contributed by atoms with E-state index in [4.69, 9.17) is 5.14 Å². The van der Waals surface area contributed by atoms with Gasteiger partial charge in [-0.3, -0.25) is 0 Å². The summed E-state index contributed by atoms with van der Waals surface area (Å²) in [5, 5.41) is 8.31. The first-order valence-corrected chi connectivity index (χ1v) is 7.84. The second kappa shape index (κ2) is 5.64. The Balaban J connectivity index is 2.13. The van der Waals surface area contributed by atoms with Gasteiger partial charge in [-0.05, 0) is 48.7 Å². The topological polar surface area (TPSA) is 72.2 Å². The maximum atomic E-state index is 11.3. The minimum Gasteiger partial charge on any atom is -0.381 e. The van der Waals surface area contributed by atoms with Gasteiger partial charge >= 0.3 is 0 Å². The predicted molar refractivity (Wildman–Crippen MR) is 81.1 cm³/mol. The van der Waals surface area contributed by atoms with Crippen LogP contribution in [0, 0.1) is 13.8 Å².